The molecule has 4 rings (SSSR count). The SMILES string of the molecule is CC(C)(C)c1ccc(C2=C(c3ccc(C(C)(C)C)cc3)c3cc(Br)ccc3C2=O)cc1. The van der Waals surface area contributed by atoms with Crippen LogP contribution in [0.15, 0.2) is 71.2 Å². The average Bonchev–Trinajstić information content (AvgIpc) is 2.98. The van der Waals surface area contributed by atoms with E-state index in [1.165, 1.54) is 11.1 Å². The maximum Gasteiger partial charge on any atom is 0.194 e. The van der Waals surface area contributed by atoms with E-state index in [2.05, 4.69) is 112 Å². The summed E-state index contributed by atoms with van der Waals surface area (Å²) in [7, 11) is 0. The third kappa shape index (κ3) is 4.06. The van der Waals surface area contributed by atoms with E-state index in [1.807, 2.05) is 12.1 Å². The number of carbonyl (C=O) groups is 1. The van der Waals surface area contributed by atoms with Gasteiger partial charge in [0, 0.05) is 21.2 Å². The number of rotatable bonds is 2. The van der Waals surface area contributed by atoms with Crippen LogP contribution >= 0.6 is 15.9 Å². The van der Waals surface area contributed by atoms with Crippen molar-refractivity contribution in [3.8, 4) is 0 Å². The quantitative estimate of drug-likeness (QED) is 0.367. The number of carbonyl (C=O) groups excluding carboxylic acids is 1. The summed E-state index contributed by atoms with van der Waals surface area (Å²) in [5.74, 6) is 0.0981. The zero-order chi connectivity index (χ0) is 22.6. The van der Waals surface area contributed by atoms with Gasteiger partial charge in [-0.3, -0.25) is 4.79 Å². The van der Waals surface area contributed by atoms with Crippen LogP contribution in [-0.4, -0.2) is 5.78 Å². The highest BCUT2D eigenvalue weighted by Gasteiger charge is 2.32. The molecule has 0 spiro atoms. The molecule has 0 aromatic heterocycles. The Morgan fingerprint density at radius 3 is 1.48 bits per heavy atom. The fraction of sp³-hybridized carbons (Fsp3) is 0.276. The van der Waals surface area contributed by atoms with Crippen LogP contribution in [-0.2, 0) is 10.8 Å². The number of hydrogen-bond donors (Lipinski definition) is 0. The number of benzene rings is 3. The summed E-state index contributed by atoms with van der Waals surface area (Å²) in [6, 6.07) is 23.1. The van der Waals surface area contributed by atoms with Crippen molar-refractivity contribution >= 4 is 32.9 Å². The standard InChI is InChI=1S/C29H29BrO/c1-28(2,3)20-11-7-18(8-12-20)25-24-17-22(30)15-16-23(24)27(31)26(25)19-9-13-21(14-10-19)29(4,5)6/h7-17H,1-6H3. The maximum absolute atomic E-state index is 13.5. The average molecular weight is 473 g/mol. The van der Waals surface area contributed by atoms with Crippen LogP contribution in [0.4, 0.5) is 0 Å². The van der Waals surface area contributed by atoms with Crippen LogP contribution in [0.3, 0.4) is 0 Å². The summed E-state index contributed by atoms with van der Waals surface area (Å²) in [6.45, 7) is 13.3. The Balaban J connectivity index is 1.92. The summed E-state index contributed by atoms with van der Waals surface area (Å²) in [4.78, 5) is 13.5. The summed E-state index contributed by atoms with van der Waals surface area (Å²) >= 11 is 3.60. The van der Waals surface area contributed by atoms with Gasteiger partial charge in [-0.1, -0.05) is 106 Å². The molecule has 3 aromatic rings. The number of halogens is 1. The smallest absolute Gasteiger partial charge is 0.194 e. The number of allylic oxidation sites excluding steroid dienone is 1. The van der Waals surface area contributed by atoms with Gasteiger partial charge in [0.05, 0.1) is 0 Å². The van der Waals surface area contributed by atoms with Crippen molar-refractivity contribution in [3.63, 3.8) is 0 Å². The zero-order valence-corrected chi connectivity index (χ0v) is 20.7. The van der Waals surface area contributed by atoms with Crippen LogP contribution in [0, 0.1) is 0 Å². The van der Waals surface area contributed by atoms with Crippen molar-refractivity contribution < 1.29 is 4.79 Å². The second-order valence-corrected chi connectivity index (χ2v) is 11.3. The van der Waals surface area contributed by atoms with Gasteiger partial charge in [0.1, 0.15) is 0 Å². The Morgan fingerprint density at radius 1 is 0.581 bits per heavy atom. The molecular formula is C29H29BrO. The van der Waals surface area contributed by atoms with Gasteiger partial charge in [-0.2, -0.15) is 0 Å². The molecule has 1 nitrogen and oxygen atoms in total. The van der Waals surface area contributed by atoms with Crippen molar-refractivity contribution in [2.24, 2.45) is 0 Å². The molecule has 1 aliphatic carbocycles. The van der Waals surface area contributed by atoms with Crippen molar-refractivity contribution in [2.75, 3.05) is 0 Å². The van der Waals surface area contributed by atoms with Gasteiger partial charge in [-0.15, -0.1) is 0 Å². The largest absolute Gasteiger partial charge is 0.289 e. The number of Topliss-reactive ketones (excluding diaryl/α,β-unsaturated/α-hetero) is 1. The number of ketones is 1. The van der Waals surface area contributed by atoms with Gasteiger partial charge >= 0.3 is 0 Å². The number of hydrogen-bond acceptors (Lipinski definition) is 1. The molecule has 158 valence electrons. The maximum atomic E-state index is 13.5. The molecule has 2 heteroatoms. The van der Waals surface area contributed by atoms with Gasteiger partial charge in [-0.25, -0.2) is 0 Å². The molecule has 0 aliphatic heterocycles. The van der Waals surface area contributed by atoms with Crippen molar-refractivity contribution in [1.29, 1.82) is 0 Å². The lowest BCUT2D eigenvalue weighted by molar-refractivity contribution is 0.105. The van der Waals surface area contributed by atoms with Crippen LogP contribution < -0.4 is 0 Å². The highest BCUT2D eigenvalue weighted by Crippen LogP contribution is 2.43. The molecule has 0 radical (unpaired) electrons. The monoisotopic (exact) mass is 472 g/mol. The van der Waals surface area contributed by atoms with Gasteiger partial charge < -0.3 is 0 Å². The van der Waals surface area contributed by atoms with Crippen LogP contribution in [0.1, 0.15) is 79.7 Å². The van der Waals surface area contributed by atoms with E-state index in [0.29, 0.717) is 0 Å². The molecule has 0 heterocycles. The molecular weight excluding hydrogens is 444 g/mol. The summed E-state index contributed by atoms with van der Waals surface area (Å²) in [5, 5.41) is 0. The topological polar surface area (TPSA) is 17.1 Å². The van der Waals surface area contributed by atoms with E-state index >= 15 is 0 Å². The molecule has 0 fully saturated rings. The van der Waals surface area contributed by atoms with E-state index in [4.69, 9.17) is 0 Å². The molecule has 1 aliphatic rings. The minimum atomic E-state index is 0.0754. The molecule has 0 saturated carbocycles. The van der Waals surface area contributed by atoms with Gasteiger partial charge in [-0.05, 0) is 56.8 Å². The molecule has 0 amide bonds. The van der Waals surface area contributed by atoms with Crippen LogP contribution in [0.2, 0.25) is 0 Å². The lowest BCUT2D eigenvalue weighted by Gasteiger charge is -2.20. The summed E-state index contributed by atoms with van der Waals surface area (Å²) in [6.07, 6.45) is 0. The predicted molar refractivity (Wildman–Crippen MR) is 135 cm³/mol. The van der Waals surface area contributed by atoms with Crippen LogP contribution in [0.25, 0.3) is 11.1 Å². The first kappa shape index (κ1) is 21.8. The minimum absolute atomic E-state index is 0.0754. The highest BCUT2D eigenvalue weighted by atomic mass is 79.9. The Hall–Kier alpha value is -2.45. The summed E-state index contributed by atoms with van der Waals surface area (Å²) < 4.78 is 0.979. The van der Waals surface area contributed by atoms with Crippen molar-refractivity contribution in [2.45, 2.75) is 52.4 Å². The Labute approximate surface area is 194 Å². The molecule has 31 heavy (non-hydrogen) atoms. The lowest BCUT2D eigenvalue weighted by atomic mass is 9.84. The first-order valence-corrected chi connectivity index (χ1v) is 11.6. The zero-order valence-electron chi connectivity index (χ0n) is 19.1. The molecule has 3 aromatic carbocycles. The first-order chi connectivity index (χ1) is 14.5. The second kappa shape index (κ2) is 7.60. The van der Waals surface area contributed by atoms with Crippen molar-refractivity contribution in [1.82, 2.24) is 0 Å². The first-order valence-electron chi connectivity index (χ1n) is 10.8. The minimum Gasteiger partial charge on any atom is -0.289 e. The van der Waals surface area contributed by atoms with Gasteiger partial charge in [0.2, 0.25) is 0 Å². The molecule has 0 unspecified atom stereocenters. The molecule has 0 atom stereocenters. The Kier molecular flexibility index (Phi) is 5.34. The Morgan fingerprint density at radius 2 is 1.03 bits per heavy atom. The van der Waals surface area contributed by atoms with Crippen molar-refractivity contribution in [3.05, 3.63) is 105 Å². The molecule has 0 N–H and O–H groups in total. The lowest BCUT2D eigenvalue weighted by Crippen LogP contribution is -2.11. The summed E-state index contributed by atoms with van der Waals surface area (Å²) in [5.41, 5.74) is 8.34. The highest BCUT2D eigenvalue weighted by molar-refractivity contribution is 9.10. The van der Waals surface area contributed by atoms with E-state index in [9.17, 15) is 4.79 Å². The third-order valence-corrected chi connectivity index (χ3v) is 6.55. The predicted octanol–water partition coefficient (Wildman–Crippen LogP) is 8.20. The Bertz CT molecular complexity index is 1180. The fourth-order valence-electron chi connectivity index (χ4n) is 4.15. The van der Waals surface area contributed by atoms with Gasteiger partial charge in [0.15, 0.2) is 5.78 Å². The molecule has 0 saturated heterocycles. The third-order valence-electron chi connectivity index (χ3n) is 6.05. The van der Waals surface area contributed by atoms with E-state index in [1.54, 1.807) is 0 Å². The van der Waals surface area contributed by atoms with Crippen LogP contribution in [0.5, 0.6) is 0 Å². The van der Waals surface area contributed by atoms with Gasteiger partial charge in [0.25, 0.3) is 0 Å². The van der Waals surface area contributed by atoms with E-state index < -0.39 is 0 Å². The normalized spacial score (nSPS) is 14.2. The van der Waals surface area contributed by atoms with E-state index in [0.717, 1.165) is 37.9 Å². The second-order valence-electron chi connectivity index (χ2n) is 10.4. The fourth-order valence-corrected chi connectivity index (χ4v) is 4.51. The number of fused-ring (bicyclic) bond motifs is 1. The van der Waals surface area contributed by atoms with E-state index in [-0.39, 0.29) is 16.6 Å². The molecule has 0 bridgehead atoms.